The third-order valence-electron chi connectivity index (χ3n) is 3.12. The number of anilines is 2. The molecular formula is C14H14ClN5. The molecule has 2 heterocycles. The third-order valence-corrected chi connectivity index (χ3v) is 3.46. The van der Waals surface area contributed by atoms with Crippen LogP contribution in [0.15, 0.2) is 42.9 Å². The van der Waals surface area contributed by atoms with E-state index in [4.69, 9.17) is 17.3 Å². The quantitative estimate of drug-likeness (QED) is 0.776. The number of nitrogens with one attached hydrogen (secondary N) is 1. The normalized spacial score (nSPS) is 12.5. The van der Waals surface area contributed by atoms with Crippen molar-refractivity contribution in [3.05, 3.63) is 53.4 Å². The van der Waals surface area contributed by atoms with Gasteiger partial charge in [-0.3, -0.25) is 0 Å². The van der Waals surface area contributed by atoms with Crippen LogP contribution in [0.2, 0.25) is 5.02 Å². The number of hydrogen-bond acceptors (Lipinski definition) is 4. The van der Waals surface area contributed by atoms with Gasteiger partial charge in [0.25, 0.3) is 0 Å². The lowest BCUT2D eigenvalue weighted by Crippen LogP contribution is -2.11. The Kier molecular flexibility index (Phi) is 3.20. The predicted octanol–water partition coefficient (Wildman–Crippen LogP) is 3.14. The molecule has 1 atom stereocenters. The summed E-state index contributed by atoms with van der Waals surface area (Å²) in [4.78, 5) is 8.59. The van der Waals surface area contributed by atoms with Crippen molar-refractivity contribution >= 4 is 28.9 Å². The maximum atomic E-state index is 6.21. The summed E-state index contributed by atoms with van der Waals surface area (Å²) in [7, 11) is 0. The van der Waals surface area contributed by atoms with Crippen LogP contribution in [-0.2, 0) is 0 Å². The molecule has 2 aromatic heterocycles. The summed E-state index contributed by atoms with van der Waals surface area (Å²) in [6.07, 6.45) is 5.27. The molecule has 0 aliphatic carbocycles. The molecule has 3 rings (SSSR count). The highest BCUT2D eigenvalue weighted by Gasteiger charge is 2.13. The van der Waals surface area contributed by atoms with Crippen LogP contribution in [0.25, 0.3) is 5.65 Å². The lowest BCUT2D eigenvalue weighted by molar-refractivity contribution is 0.873. The minimum atomic E-state index is -0.00139. The molecule has 0 aliphatic heterocycles. The lowest BCUT2D eigenvalue weighted by atomic mass is 10.1. The van der Waals surface area contributed by atoms with Crippen molar-refractivity contribution in [2.75, 3.05) is 11.1 Å². The van der Waals surface area contributed by atoms with E-state index in [0.29, 0.717) is 11.6 Å². The first-order chi connectivity index (χ1) is 9.65. The smallest absolute Gasteiger partial charge is 0.180 e. The molecule has 0 amide bonds. The van der Waals surface area contributed by atoms with Gasteiger partial charge in [-0.15, -0.1) is 0 Å². The van der Waals surface area contributed by atoms with Crippen molar-refractivity contribution in [1.29, 1.82) is 0 Å². The van der Waals surface area contributed by atoms with Crippen LogP contribution in [0, 0.1) is 0 Å². The highest BCUT2D eigenvalue weighted by molar-refractivity contribution is 6.31. The number of aromatic nitrogens is 3. The third kappa shape index (κ3) is 2.28. The van der Waals surface area contributed by atoms with Crippen LogP contribution < -0.4 is 11.1 Å². The van der Waals surface area contributed by atoms with Crippen molar-refractivity contribution in [2.45, 2.75) is 13.0 Å². The molecule has 0 fully saturated rings. The summed E-state index contributed by atoms with van der Waals surface area (Å²) in [6, 6.07) is 7.71. The van der Waals surface area contributed by atoms with Crippen LogP contribution in [0.3, 0.4) is 0 Å². The second-order valence-corrected chi connectivity index (χ2v) is 4.97. The van der Waals surface area contributed by atoms with E-state index >= 15 is 0 Å². The molecule has 102 valence electrons. The Hall–Kier alpha value is -2.27. The van der Waals surface area contributed by atoms with Crippen molar-refractivity contribution in [3.8, 4) is 0 Å². The van der Waals surface area contributed by atoms with Gasteiger partial charge in [-0.25, -0.2) is 9.97 Å². The summed E-state index contributed by atoms with van der Waals surface area (Å²) in [5, 5.41) is 4.03. The van der Waals surface area contributed by atoms with Gasteiger partial charge >= 0.3 is 0 Å². The summed E-state index contributed by atoms with van der Waals surface area (Å²) < 4.78 is 1.84. The Morgan fingerprint density at radius 3 is 2.95 bits per heavy atom. The summed E-state index contributed by atoms with van der Waals surface area (Å²) in [5.41, 5.74) is 7.54. The minimum Gasteiger partial charge on any atom is -0.382 e. The second kappa shape index (κ2) is 5.02. The average Bonchev–Trinajstić information content (AvgIpc) is 2.87. The molecule has 1 aromatic carbocycles. The van der Waals surface area contributed by atoms with E-state index < -0.39 is 0 Å². The lowest BCUT2D eigenvalue weighted by Gasteiger charge is -2.17. The molecule has 3 aromatic rings. The van der Waals surface area contributed by atoms with E-state index in [1.165, 1.54) is 0 Å². The van der Waals surface area contributed by atoms with Gasteiger partial charge in [0.2, 0.25) is 0 Å². The van der Waals surface area contributed by atoms with E-state index in [-0.39, 0.29) is 6.04 Å². The number of rotatable bonds is 3. The SMILES string of the molecule is CC(Nc1nc(N)cn2ccnc12)c1ccccc1Cl. The molecule has 0 spiro atoms. The monoisotopic (exact) mass is 287 g/mol. The van der Waals surface area contributed by atoms with E-state index in [0.717, 1.165) is 16.2 Å². The Balaban J connectivity index is 1.97. The van der Waals surface area contributed by atoms with Gasteiger partial charge in [-0.05, 0) is 18.6 Å². The van der Waals surface area contributed by atoms with Gasteiger partial charge in [-0.2, -0.15) is 0 Å². The predicted molar refractivity (Wildman–Crippen MR) is 80.9 cm³/mol. The molecule has 0 saturated carbocycles. The average molecular weight is 288 g/mol. The molecular weight excluding hydrogens is 274 g/mol. The number of fused-ring (bicyclic) bond motifs is 1. The van der Waals surface area contributed by atoms with Gasteiger partial charge < -0.3 is 15.5 Å². The van der Waals surface area contributed by atoms with Crippen molar-refractivity contribution in [3.63, 3.8) is 0 Å². The number of nitrogens with zero attached hydrogens (tertiary/aromatic N) is 3. The maximum absolute atomic E-state index is 6.21. The molecule has 0 aliphatic rings. The van der Waals surface area contributed by atoms with Crippen LogP contribution in [0.5, 0.6) is 0 Å². The number of nitrogens with two attached hydrogens (primary N) is 1. The van der Waals surface area contributed by atoms with E-state index in [2.05, 4.69) is 15.3 Å². The molecule has 0 radical (unpaired) electrons. The van der Waals surface area contributed by atoms with Crippen molar-refractivity contribution < 1.29 is 0 Å². The van der Waals surface area contributed by atoms with Crippen molar-refractivity contribution in [1.82, 2.24) is 14.4 Å². The molecule has 3 N–H and O–H groups in total. The Bertz CT molecular complexity index is 752. The zero-order valence-corrected chi connectivity index (χ0v) is 11.7. The first-order valence-corrected chi connectivity index (χ1v) is 6.63. The summed E-state index contributed by atoms with van der Waals surface area (Å²) >= 11 is 6.21. The van der Waals surface area contributed by atoms with Crippen LogP contribution in [0.4, 0.5) is 11.6 Å². The second-order valence-electron chi connectivity index (χ2n) is 4.56. The van der Waals surface area contributed by atoms with Crippen LogP contribution >= 0.6 is 11.6 Å². The number of imidazole rings is 1. The highest BCUT2D eigenvalue weighted by Crippen LogP contribution is 2.26. The fourth-order valence-corrected chi connectivity index (χ4v) is 2.46. The zero-order valence-electron chi connectivity index (χ0n) is 10.9. The minimum absolute atomic E-state index is 0.00139. The van der Waals surface area contributed by atoms with Crippen molar-refractivity contribution in [2.24, 2.45) is 0 Å². The number of halogens is 1. The van der Waals surface area contributed by atoms with Crippen LogP contribution in [0.1, 0.15) is 18.5 Å². The van der Waals surface area contributed by atoms with Gasteiger partial charge in [-0.1, -0.05) is 29.8 Å². The summed E-state index contributed by atoms with van der Waals surface area (Å²) in [6.45, 7) is 2.02. The van der Waals surface area contributed by atoms with E-state index in [1.807, 2.05) is 41.8 Å². The number of benzene rings is 1. The fourth-order valence-electron chi connectivity index (χ4n) is 2.16. The topological polar surface area (TPSA) is 68.2 Å². The number of hydrogen-bond donors (Lipinski definition) is 2. The Morgan fingerprint density at radius 1 is 1.35 bits per heavy atom. The zero-order chi connectivity index (χ0) is 14.1. The molecule has 1 unspecified atom stereocenters. The van der Waals surface area contributed by atoms with Gasteiger partial charge in [0.05, 0.1) is 12.2 Å². The Labute approximate surface area is 121 Å². The molecule has 0 saturated heterocycles. The van der Waals surface area contributed by atoms with Gasteiger partial charge in [0, 0.05) is 17.4 Å². The molecule has 0 bridgehead atoms. The Morgan fingerprint density at radius 2 is 2.15 bits per heavy atom. The maximum Gasteiger partial charge on any atom is 0.180 e. The number of nitrogen functional groups attached to an aromatic ring is 1. The standard InChI is InChI=1S/C14H14ClN5/c1-9(10-4-2-3-5-11(10)15)18-13-14-17-6-7-20(14)8-12(16)19-13/h2-9H,16H2,1H3,(H,18,19). The molecule has 5 nitrogen and oxygen atoms in total. The molecule has 20 heavy (non-hydrogen) atoms. The summed E-state index contributed by atoms with van der Waals surface area (Å²) in [5.74, 6) is 1.08. The first-order valence-electron chi connectivity index (χ1n) is 6.25. The fraction of sp³-hybridized carbons (Fsp3) is 0.143. The van der Waals surface area contributed by atoms with E-state index in [9.17, 15) is 0 Å². The van der Waals surface area contributed by atoms with Gasteiger partial charge in [0.15, 0.2) is 11.5 Å². The largest absolute Gasteiger partial charge is 0.382 e. The van der Waals surface area contributed by atoms with Crippen LogP contribution in [-0.4, -0.2) is 14.4 Å². The van der Waals surface area contributed by atoms with E-state index in [1.54, 1.807) is 12.4 Å². The first kappa shape index (κ1) is 12.7. The van der Waals surface area contributed by atoms with Gasteiger partial charge in [0.1, 0.15) is 5.82 Å². The highest BCUT2D eigenvalue weighted by atomic mass is 35.5. The molecule has 6 heteroatoms.